The zero-order valence-corrected chi connectivity index (χ0v) is 9.29. The van der Waals surface area contributed by atoms with E-state index in [2.05, 4.69) is 10.4 Å². The van der Waals surface area contributed by atoms with Crippen LogP contribution in [0.5, 0.6) is 0 Å². The minimum atomic E-state index is 0.00916. The molecule has 0 aromatic carbocycles. The Morgan fingerprint density at radius 2 is 2.19 bits per heavy atom. The lowest BCUT2D eigenvalue weighted by atomic mass is 9.99. The van der Waals surface area contributed by atoms with E-state index in [4.69, 9.17) is 11.1 Å². The topological polar surface area (TPSA) is 79.7 Å². The first-order valence-electron chi connectivity index (χ1n) is 5.97. The van der Waals surface area contributed by atoms with Crippen molar-refractivity contribution in [1.29, 1.82) is 5.41 Å². The highest BCUT2D eigenvalue weighted by Crippen LogP contribution is 2.38. The molecule has 1 saturated carbocycles. The quantitative estimate of drug-likeness (QED) is 0.491. The van der Waals surface area contributed by atoms with Gasteiger partial charge in [0.15, 0.2) is 0 Å². The summed E-state index contributed by atoms with van der Waals surface area (Å²) in [4.78, 5) is 0. The number of aromatic nitrogens is 2. The van der Waals surface area contributed by atoms with Crippen molar-refractivity contribution >= 4 is 11.8 Å². The van der Waals surface area contributed by atoms with Gasteiger partial charge in [-0.3, -0.25) is 5.41 Å². The Kier molecular flexibility index (Phi) is 2.12. The van der Waals surface area contributed by atoms with Gasteiger partial charge in [0, 0.05) is 18.0 Å². The van der Waals surface area contributed by atoms with Gasteiger partial charge in [0.1, 0.15) is 5.82 Å². The van der Waals surface area contributed by atoms with E-state index >= 15 is 0 Å². The molecule has 1 aromatic rings. The average molecular weight is 219 g/mol. The minimum Gasteiger partial charge on any atom is -0.369 e. The van der Waals surface area contributed by atoms with Crippen LogP contribution in [0.15, 0.2) is 0 Å². The molecule has 3 rings (SSSR count). The van der Waals surface area contributed by atoms with Crippen molar-refractivity contribution < 1.29 is 0 Å². The zero-order valence-electron chi connectivity index (χ0n) is 9.29. The molecule has 5 nitrogen and oxygen atoms in total. The Bertz CT molecular complexity index is 428. The third kappa shape index (κ3) is 1.31. The standard InChI is InChI=1S/C11H17N5/c12-11(13)16-10-8(5-6-14-10)9(15-16)7-3-1-2-4-7/h7,14H,1-6H2,(H3,12,13). The fourth-order valence-corrected chi connectivity index (χ4v) is 2.90. The minimum absolute atomic E-state index is 0.00916. The number of nitrogens with zero attached hydrogens (tertiary/aromatic N) is 2. The average Bonchev–Trinajstić information content (AvgIpc) is 2.93. The van der Waals surface area contributed by atoms with Gasteiger partial charge in [0.05, 0.1) is 5.69 Å². The molecule has 4 N–H and O–H groups in total. The Hall–Kier alpha value is -1.52. The summed E-state index contributed by atoms with van der Waals surface area (Å²) in [6.45, 7) is 0.945. The predicted octanol–water partition coefficient (Wildman–Crippen LogP) is 1.25. The maximum absolute atomic E-state index is 7.53. The summed E-state index contributed by atoms with van der Waals surface area (Å²) in [5, 5.41) is 15.3. The number of nitrogens with one attached hydrogen (secondary N) is 2. The van der Waals surface area contributed by atoms with Crippen molar-refractivity contribution in [2.75, 3.05) is 11.9 Å². The smallest absolute Gasteiger partial charge is 0.215 e. The van der Waals surface area contributed by atoms with Gasteiger partial charge in [0.2, 0.25) is 5.96 Å². The Balaban J connectivity index is 2.05. The molecule has 2 heterocycles. The van der Waals surface area contributed by atoms with Crippen LogP contribution >= 0.6 is 0 Å². The molecule has 0 saturated heterocycles. The first-order chi connectivity index (χ1) is 7.77. The van der Waals surface area contributed by atoms with Crippen molar-refractivity contribution in [1.82, 2.24) is 9.78 Å². The van der Waals surface area contributed by atoms with Gasteiger partial charge in [-0.1, -0.05) is 12.8 Å². The SMILES string of the molecule is N=C(N)n1nc(C2CCCC2)c2c1NCC2. The second kappa shape index (κ2) is 3.50. The van der Waals surface area contributed by atoms with E-state index in [1.54, 1.807) is 4.68 Å². The molecule has 2 aliphatic rings. The molecule has 1 aliphatic heterocycles. The molecule has 0 bridgehead atoms. The van der Waals surface area contributed by atoms with Crippen LogP contribution in [0.3, 0.4) is 0 Å². The summed E-state index contributed by atoms with van der Waals surface area (Å²) < 4.78 is 1.55. The summed E-state index contributed by atoms with van der Waals surface area (Å²) in [5.74, 6) is 1.55. The number of fused-ring (bicyclic) bond motifs is 1. The van der Waals surface area contributed by atoms with Gasteiger partial charge < -0.3 is 11.1 Å². The molecule has 0 spiro atoms. The summed E-state index contributed by atoms with van der Waals surface area (Å²) in [6.07, 6.45) is 6.11. The van der Waals surface area contributed by atoms with Crippen molar-refractivity contribution in [2.45, 2.75) is 38.0 Å². The fraction of sp³-hybridized carbons (Fsp3) is 0.636. The summed E-state index contributed by atoms with van der Waals surface area (Å²) in [5.41, 5.74) is 8.02. The zero-order chi connectivity index (χ0) is 11.1. The van der Waals surface area contributed by atoms with Crippen LogP contribution in [0, 0.1) is 5.41 Å². The molecular formula is C11H17N5. The Morgan fingerprint density at radius 1 is 1.44 bits per heavy atom. The van der Waals surface area contributed by atoms with E-state index in [1.165, 1.54) is 36.9 Å². The lowest BCUT2D eigenvalue weighted by Crippen LogP contribution is -2.23. The van der Waals surface area contributed by atoms with E-state index in [0.29, 0.717) is 5.92 Å². The maximum Gasteiger partial charge on any atom is 0.215 e. The fourth-order valence-electron chi connectivity index (χ4n) is 2.90. The van der Waals surface area contributed by atoms with E-state index < -0.39 is 0 Å². The number of hydrogen-bond donors (Lipinski definition) is 3. The van der Waals surface area contributed by atoms with Crippen LogP contribution < -0.4 is 11.1 Å². The number of hydrogen-bond acceptors (Lipinski definition) is 3. The third-order valence-corrected chi connectivity index (χ3v) is 3.65. The molecule has 0 radical (unpaired) electrons. The van der Waals surface area contributed by atoms with E-state index in [0.717, 1.165) is 18.8 Å². The van der Waals surface area contributed by atoms with Gasteiger partial charge in [-0.2, -0.15) is 9.78 Å². The van der Waals surface area contributed by atoms with Gasteiger partial charge in [-0.05, 0) is 19.3 Å². The third-order valence-electron chi connectivity index (χ3n) is 3.65. The maximum atomic E-state index is 7.53. The summed E-state index contributed by atoms with van der Waals surface area (Å²) >= 11 is 0. The molecule has 5 heteroatoms. The van der Waals surface area contributed by atoms with Gasteiger partial charge in [0.25, 0.3) is 0 Å². The largest absolute Gasteiger partial charge is 0.369 e. The van der Waals surface area contributed by atoms with Crippen LogP contribution in [0.4, 0.5) is 5.82 Å². The molecule has 16 heavy (non-hydrogen) atoms. The molecular weight excluding hydrogens is 202 g/mol. The predicted molar refractivity (Wildman–Crippen MR) is 62.9 cm³/mol. The highest BCUT2D eigenvalue weighted by atomic mass is 15.4. The van der Waals surface area contributed by atoms with E-state index in [1.807, 2.05) is 0 Å². The molecule has 0 unspecified atom stereocenters. The molecule has 0 atom stereocenters. The number of nitrogen functional groups attached to an aromatic ring is 1. The highest BCUT2D eigenvalue weighted by Gasteiger charge is 2.29. The van der Waals surface area contributed by atoms with Crippen molar-refractivity contribution in [3.8, 4) is 0 Å². The normalized spacial score (nSPS) is 19.8. The molecule has 86 valence electrons. The lowest BCUT2D eigenvalue weighted by Gasteiger charge is -2.06. The second-order valence-electron chi connectivity index (χ2n) is 4.67. The highest BCUT2D eigenvalue weighted by molar-refractivity contribution is 5.81. The number of nitrogens with two attached hydrogens (primary N) is 1. The van der Waals surface area contributed by atoms with E-state index in [9.17, 15) is 0 Å². The molecule has 1 fully saturated rings. The van der Waals surface area contributed by atoms with E-state index in [-0.39, 0.29) is 5.96 Å². The van der Waals surface area contributed by atoms with Crippen molar-refractivity contribution in [2.24, 2.45) is 5.73 Å². The summed E-state index contributed by atoms with van der Waals surface area (Å²) in [7, 11) is 0. The van der Waals surface area contributed by atoms with Crippen LogP contribution in [-0.4, -0.2) is 22.3 Å². The van der Waals surface area contributed by atoms with Crippen LogP contribution in [0.1, 0.15) is 42.9 Å². The van der Waals surface area contributed by atoms with Crippen molar-refractivity contribution in [3.63, 3.8) is 0 Å². The lowest BCUT2D eigenvalue weighted by molar-refractivity contribution is 0.674. The van der Waals surface area contributed by atoms with Gasteiger partial charge in [-0.15, -0.1) is 0 Å². The van der Waals surface area contributed by atoms with Gasteiger partial charge in [-0.25, -0.2) is 0 Å². The molecule has 1 aliphatic carbocycles. The molecule has 1 aromatic heterocycles. The Morgan fingerprint density at radius 3 is 2.88 bits per heavy atom. The van der Waals surface area contributed by atoms with Crippen LogP contribution in [0.25, 0.3) is 0 Å². The van der Waals surface area contributed by atoms with Crippen LogP contribution in [-0.2, 0) is 6.42 Å². The summed E-state index contributed by atoms with van der Waals surface area (Å²) in [6, 6.07) is 0. The van der Waals surface area contributed by atoms with Crippen LogP contribution in [0.2, 0.25) is 0 Å². The molecule has 0 amide bonds. The number of rotatable bonds is 1. The second-order valence-corrected chi connectivity index (χ2v) is 4.67. The number of anilines is 1. The Labute approximate surface area is 94.5 Å². The first kappa shape index (κ1) is 9.69. The first-order valence-corrected chi connectivity index (χ1v) is 5.97. The monoisotopic (exact) mass is 219 g/mol. The van der Waals surface area contributed by atoms with Gasteiger partial charge >= 0.3 is 0 Å². The van der Waals surface area contributed by atoms with Crippen molar-refractivity contribution in [3.05, 3.63) is 11.3 Å².